The van der Waals surface area contributed by atoms with Gasteiger partial charge < -0.3 is 0 Å². The van der Waals surface area contributed by atoms with Gasteiger partial charge in [-0.2, -0.15) is 30.3 Å². The maximum atomic E-state index is 3.20. The molecule has 0 heterocycles. The van der Waals surface area contributed by atoms with Crippen molar-refractivity contribution in [2.24, 2.45) is 0 Å². The van der Waals surface area contributed by atoms with Crippen LogP contribution in [0.15, 0.2) is 84.9 Å². The second-order valence-electron chi connectivity index (χ2n) is 4.27. The first-order chi connectivity index (χ1) is 9.45. The minimum atomic E-state index is -0.477. The second-order valence-corrected chi connectivity index (χ2v) is 6.49. The Bertz CT molecular complexity index is 529. The molecule has 0 saturated carbocycles. The number of hydrogen-bond acceptors (Lipinski definition) is 0. The average Bonchev–Trinajstić information content (AvgIpc) is 2.51. The van der Waals surface area contributed by atoms with Gasteiger partial charge >= 0.3 is 18.9 Å². The Morgan fingerprint density at radius 3 is 1.55 bits per heavy atom. The van der Waals surface area contributed by atoms with E-state index in [1.54, 1.807) is 0 Å². The van der Waals surface area contributed by atoms with Crippen molar-refractivity contribution in [1.29, 1.82) is 0 Å². The zero-order chi connectivity index (χ0) is 12.9. The molecule has 2 heteroatoms. The fourth-order valence-electron chi connectivity index (χ4n) is 2.12. The maximum Gasteiger partial charge on any atom is 1.00 e. The molecule has 0 nitrogen and oxygen atoms in total. The van der Waals surface area contributed by atoms with E-state index in [1.165, 1.54) is 15.9 Å². The first-order valence-electron chi connectivity index (χ1n) is 6.31. The van der Waals surface area contributed by atoms with Crippen LogP contribution in [0.3, 0.4) is 0 Å². The van der Waals surface area contributed by atoms with Crippen molar-refractivity contribution in [3.63, 3.8) is 0 Å². The van der Waals surface area contributed by atoms with Crippen molar-refractivity contribution in [2.45, 2.75) is 0 Å². The molecule has 92 valence electrons. The quantitative estimate of drug-likeness (QED) is 0.363. The van der Waals surface area contributed by atoms with Crippen molar-refractivity contribution in [3.05, 3.63) is 91.0 Å². The Balaban J connectivity index is 0.00000147. The number of hydrogen-bond donors (Lipinski definition) is 0. The third kappa shape index (κ3) is 3.41. The molecular formula is C18H14LiP. The van der Waals surface area contributed by atoms with Crippen LogP contribution in [-0.4, -0.2) is 0 Å². The van der Waals surface area contributed by atoms with E-state index in [0.29, 0.717) is 0 Å². The van der Waals surface area contributed by atoms with Gasteiger partial charge in [-0.05, 0) is 10.6 Å². The van der Waals surface area contributed by atoms with E-state index in [9.17, 15) is 0 Å². The van der Waals surface area contributed by atoms with Gasteiger partial charge in [-0.3, -0.25) is 0 Å². The van der Waals surface area contributed by atoms with Gasteiger partial charge in [-0.1, -0.05) is 68.6 Å². The molecule has 0 aliphatic rings. The van der Waals surface area contributed by atoms with Crippen LogP contribution in [0.25, 0.3) is 0 Å². The molecule has 0 fully saturated rings. The molecule has 0 aromatic heterocycles. The summed E-state index contributed by atoms with van der Waals surface area (Å²) >= 11 is 0. The molecule has 0 unspecified atom stereocenters. The van der Waals surface area contributed by atoms with E-state index in [4.69, 9.17) is 0 Å². The summed E-state index contributed by atoms with van der Waals surface area (Å²) in [6.45, 7) is 0. The molecule has 0 radical (unpaired) electrons. The standard InChI is InChI=1S/C18H14P.Li/c1-4-10-16(11-5-1)19(17-12-6-2-7-13-17)18-14-8-3-9-15-18;/h1-8,10-15H;/q-1;+1. The van der Waals surface area contributed by atoms with Crippen molar-refractivity contribution in [3.8, 4) is 0 Å². The van der Waals surface area contributed by atoms with Crippen LogP contribution in [0.1, 0.15) is 0 Å². The summed E-state index contributed by atoms with van der Waals surface area (Å²) in [4.78, 5) is 0. The van der Waals surface area contributed by atoms with Gasteiger partial charge in [-0.25, -0.2) is 0 Å². The van der Waals surface area contributed by atoms with Gasteiger partial charge in [-0.15, -0.1) is 5.30 Å². The van der Waals surface area contributed by atoms with Crippen LogP contribution in [0.5, 0.6) is 0 Å². The molecule has 0 amide bonds. The molecule has 3 aromatic rings. The molecule has 0 aliphatic carbocycles. The first kappa shape index (κ1) is 15.1. The van der Waals surface area contributed by atoms with Crippen LogP contribution in [0.2, 0.25) is 0 Å². The molecular weight excluding hydrogens is 254 g/mol. The summed E-state index contributed by atoms with van der Waals surface area (Å²) in [6.07, 6.45) is 0. The summed E-state index contributed by atoms with van der Waals surface area (Å²) in [5.74, 6) is 0. The molecule has 3 rings (SSSR count). The minimum absolute atomic E-state index is 0. The second kappa shape index (κ2) is 7.46. The van der Waals surface area contributed by atoms with Crippen LogP contribution < -0.4 is 34.8 Å². The fraction of sp³-hybridized carbons (Fsp3) is 0. The zero-order valence-corrected chi connectivity index (χ0v) is 12.4. The van der Waals surface area contributed by atoms with E-state index >= 15 is 0 Å². The molecule has 0 N–H and O–H groups in total. The molecule has 0 atom stereocenters. The number of benzene rings is 3. The summed E-state index contributed by atoms with van der Waals surface area (Å²) in [5.41, 5.74) is 0. The van der Waals surface area contributed by atoms with E-state index in [2.05, 4.69) is 84.9 Å². The fourth-order valence-corrected chi connectivity index (χ4v) is 4.40. The SMILES string of the molecule is [Li+].[c-]1cccc(P(c2ccccc2)c2ccccc2)c1. The first-order valence-corrected chi connectivity index (χ1v) is 7.66. The Kier molecular flexibility index (Phi) is 5.63. The van der Waals surface area contributed by atoms with Gasteiger partial charge in [0.05, 0.1) is 0 Å². The van der Waals surface area contributed by atoms with Crippen molar-refractivity contribution in [2.75, 3.05) is 0 Å². The largest absolute Gasteiger partial charge is 1.00 e. The van der Waals surface area contributed by atoms with Gasteiger partial charge in [0.1, 0.15) is 0 Å². The van der Waals surface area contributed by atoms with Crippen LogP contribution in [0.4, 0.5) is 0 Å². The Morgan fingerprint density at radius 1 is 0.600 bits per heavy atom. The third-order valence-electron chi connectivity index (χ3n) is 2.98. The zero-order valence-electron chi connectivity index (χ0n) is 11.5. The van der Waals surface area contributed by atoms with E-state index in [1.807, 2.05) is 6.07 Å². The third-order valence-corrected chi connectivity index (χ3v) is 5.40. The molecule has 0 aliphatic heterocycles. The van der Waals surface area contributed by atoms with Gasteiger partial charge in [0.2, 0.25) is 0 Å². The maximum absolute atomic E-state index is 3.20. The van der Waals surface area contributed by atoms with Crippen LogP contribution in [-0.2, 0) is 0 Å². The molecule has 3 aromatic carbocycles. The molecule has 20 heavy (non-hydrogen) atoms. The van der Waals surface area contributed by atoms with Crippen LogP contribution in [0, 0.1) is 6.07 Å². The van der Waals surface area contributed by atoms with E-state index in [0.717, 1.165) is 0 Å². The molecule has 0 bridgehead atoms. The Hall–Kier alpha value is -1.31. The topological polar surface area (TPSA) is 0 Å². The molecule has 0 spiro atoms. The summed E-state index contributed by atoms with van der Waals surface area (Å²) in [7, 11) is -0.477. The van der Waals surface area contributed by atoms with E-state index in [-0.39, 0.29) is 18.9 Å². The molecule has 0 saturated heterocycles. The van der Waals surface area contributed by atoms with Crippen molar-refractivity contribution in [1.82, 2.24) is 0 Å². The van der Waals surface area contributed by atoms with Gasteiger partial charge in [0.25, 0.3) is 0 Å². The van der Waals surface area contributed by atoms with Gasteiger partial charge in [0.15, 0.2) is 0 Å². The van der Waals surface area contributed by atoms with Crippen molar-refractivity contribution >= 4 is 23.8 Å². The summed E-state index contributed by atoms with van der Waals surface area (Å²) in [6, 6.07) is 33.0. The number of rotatable bonds is 3. The normalized spacial score (nSPS) is 10.1. The Morgan fingerprint density at radius 2 is 1.10 bits per heavy atom. The Labute approximate surface area is 133 Å². The van der Waals surface area contributed by atoms with Gasteiger partial charge in [0, 0.05) is 0 Å². The van der Waals surface area contributed by atoms with Crippen molar-refractivity contribution < 1.29 is 18.9 Å². The summed E-state index contributed by atoms with van der Waals surface area (Å²) < 4.78 is 0. The van der Waals surface area contributed by atoms with E-state index < -0.39 is 7.92 Å². The van der Waals surface area contributed by atoms with Crippen LogP contribution >= 0.6 is 7.92 Å². The summed E-state index contributed by atoms with van der Waals surface area (Å²) in [5, 5.41) is 4.10. The smallest absolute Gasteiger partial charge is 0.183 e. The average molecular weight is 268 g/mol. The minimum Gasteiger partial charge on any atom is -0.183 e. The predicted molar refractivity (Wildman–Crippen MR) is 84.0 cm³/mol. The predicted octanol–water partition coefficient (Wildman–Crippen LogP) is 0.249. The monoisotopic (exact) mass is 268 g/mol.